The minimum atomic E-state index is -1.41. The number of carboxylic acids is 1. The Morgan fingerprint density at radius 2 is 2.11 bits per heavy atom. The van der Waals surface area contributed by atoms with Crippen molar-refractivity contribution < 1.29 is 19.1 Å². The largest absolute Gasteiger partial charge is 0.478 e. The number of carboxylic acid groups (broad SMARTS) is 1. The first-order valence-electron chi connectivity index (χ1n) is 6.00. The Morgan fingerprint density at radius 3 is 2.68 bits per heavy atom. The van der Waals surface area contributed by atoms with Gasteiger partial charge in [0.1, 0.15) is 11.4 Å². The molecule has 6 heteroatoms. The van der Waals surface area contributed by atoms with Gasteiger partial charge in [0.15, 0.2) is 0 Å². The van der Waals surface area contributed by atoms with Gasteiger partial charge in [-0.25, -0.2) is 9.18 Å². The second-order valence-electron chi connectivity index (χ2n) is 4.17. The summed E-state index contributed by atoms with van der Waals surface area (Å²) < 4.78 is 13.4. The van der Waals surface area contributed by atoms with Crippen molar-refractivity contribution in [3.63, 3.8) is 0 Å². The SMILES string of the molecule is CCNCC(C)C(=O)Nc1cccc(F)c1C(=O)O. The van der Waals surface area contributed by atoms with E-state index in [1.54, 1.807) is 6.92 Å². The quantitative estimate of drug-likeness (QED) is 0.734. The summed E-state index contributed by atoms with van der Waals surface area (Å²) in [5.74, 6) is -2.98. The van der Waals surface area contributed by atoms with Crippen LogP contribution in [0.5, 0.6) is 0 Å². The van der Waals surface area contributed by atoms with Crippen LogP contribution in [0, 0.1) is 11.7 Å². The zero-order valence-corrected chi connectivity index (χ0v) is 10.9. The number of anilines is 1. The lowest BCUT2D eigenvalue weighted by Gasteiger charge is -2.14. The van der Waals surface area contributed by atoms with E-state index in [9.17, 15) is 14.0 Å². The van der Waals surface area contributed by atoms with Gasteiger partial charge in [0, 0.05) is 12.5 Å². The van der Waals surface area contributed by atoms with Gasteiger partial charge in [-0.15, -0.1) is 0 Å². The number of carbonyl (C=O) groups excluding carboxylic acids is 1. The summed E-state index contributed by atoms with van der Waals surface area (Å²) in [6, 6.07) is 3.76. The second kappa shape index (κ2) is 6.84. The van der Waals surface area contributed by atoms with E-state index in [1.807, 2.05) is 6.92 Å². The topological polar surface area (TPSA) is 78.4 Å². The van der Waals surface area contributed by atoms with Gasteiger partial charge in [-0.2, -0.15) is 0 Å². The number of carbonyl (C=O) groups is 2. The number of rotatable bonds is 6. The van der Waals surface area contributed by atoms with Crippen LogP contribution in [0.15, 0.2) is 18.2 Å². The van der Waals surface area contributed by atoms with Crippen molar-refractivity contribution >= 4 is 17.6 Å². The zero-order valence-electron chi connectivity index (χ0n) is 10.9. The Bertz CT molecular complexity index is 477. The van der Waals surface area contributed by atoms with Crippen LogP contribution >= 0.6 is 0 Å². The monoisotopic (exact) mass is 268 g/mol. The van der Waals surface area contributed by atoms with Gasteiger partial charge in [-0.3, -0.25) is 4.79 Å². The highest BCUT2D eigenvalue weighted by Crippen LogP contribution is 2.19. The average Bonchev–Trinajstić information content (AvgIpc) is 2.35. The van der Waals surface area contributed by atoms with Gasteiger partial charge in [-0.05, 0) is 18.7 Å². The van der Waals surface area contributed by atoms with E-state index in [0.717, 1.165) is 12.6 Å². The molecule has 1 aromatic rings. The molecule has 0 heterocycles. The minimum absolute atomic E-state index is 0.0270. The number of benzene rings is 1. The third kappa shape index (κ3) is 4.03. The summed E-state index contributed by atoms with van der Waals surface area (Å²) >= 11 is 0. The summed E-state index contributed by atoms with van der Waals surface area (Å²) in [4.78, 5) is 22.8. The van der Waals surface area contributed by atoms with E-state index in [2.05, 4.69) is 10.6 Å². The Kier molecular flexibility index (Phi) is 5.44. The highest BCUT2D eigenvalue weighted by molar-refractivity contribution is 6.01. The van der Waals surface area contributed by atoms with Crippen LogP contribution in [-0.4, -0.2) is 30.1 Å². The molecule has 1 rings (SSSR count). The normalized spacial score (nSPS) is 11.9. The van der Waals surface area contributed by atoms with E-state index in [1.165, 1.54) is 12.1 Å². The fraction of sp³-hybridized carbons (Fsp3) is 0.385. The molecule has 0 aromatic heterocycles. The van der Waals surface area contributed by atoms with Crippen molar-refractivity contribution in [3.8, 4) is 0 Å². The standard InChI is InChI=1S/C13H17FN2O3/c1-3-15-7-8(2)12(17)16-10-6-4-5-9(14)11(10)13(18)19/h4-6,8,15H,3,7H2,1-2H3,(H,16,17)(H,18,19). The molecule has 0 bridgehead atoms. The molecule has 5 nitrogen and oxygen atoms in total. The van der Waals surface area contributed by atoms with Crippen molar-refractivity contribution in [2.45, 2.75) is 13.8 Å². The molecule has 0 aliphatic rings. The van der Waals surface area contributed by atoms with Crippen LogP contribution in [0.4, 0.5) is 10.1 Å². The smallest absolute Gasteiger partial charge is 0.340 e. The Balaban J connectivity index is 2.85. The first-order valence-corrected chi connectivity index (χ1v) is 6.00. The summed E-state index contributed by atoms with van der Waals surface area (Å²) in [5, 5.41) is 14.4. The maximum atomic E-state index is 13.4. The first kappa shape index (κ1) is 15.1. The van der Waals surface area contributed by atoms with Crippen LogP contribution in [0.2, 0.25) is 0 Å². The molecular weight excluding hydrogens is 251 g/mol. The predicted molar refractivity (Wildman–Crippen MR) is 69.7 cm³/mol. The molecule has 0 fully saturated rings. The van der Waals surface area contributed by atoms with Crippen molar-refractivity contribution in [1.29, 1.82) is 0 Å². The number of aromatic carboxylic acids is 1. The molecule has 0 aliphatic heterocycles. The fourth-order valence-corrected chi connectivity index (χ4v) is 1.56. The molecule has 104 valence electrons. The summed E-state index contributed by atoms with van der Waals surface area (Å²) in [6.07, 6.45) is 0. The predicted octanol–water partition coefficient (Wildman–Crippen LogP) is 1.71. The number of hydrogen-bond donors (Lipinski definition) is 3. The van der Waals surface area contributed by atoms with Crippen LogP contribution in [-0.2, 0) is 4.79 Å². The molecule has 1 atom stereocenters. The van der Waals surface area contributed by atoms with E-state index in [0.29, 0.717) is 6.54 Å². The maximum Gasteiger partial charge on any atom is 0.340 e. The molecule has 0 saturated carbocycles. The van der Waals surface area contributed by atoms with Gasteiger partial charge >= 0.3 is 5.97 Å². The van der Waals surface area contributed by atoms with Gasteiger partial charge in [-0.1, -0.05) is 19.9 Å². The lowest BCUT2D eigenvalue weighted by atomic mass is 10.1. The van der Waals surface area contributed by atoms with Gasteiger partial charge in [0.2, 0.25) is 5.91 Å². The summed E-state index contributed by atoms with van der Waals surface area (Å²) in [5.41, 5.74) is -0.549. The molecule has 0 aliphatic carbocycles. The van der Waals surface area contributed by atoms with E-state index in [-0.39, 0.29) is 17.5 Å². The van der Waals surface area contributed by atoms with Crippen LogP contribution in [0.1, 0.15) is 24.2 Å². The molecule has 19 heavy (non-hydrogen) atoms. The Hall–Kier alpha value is -1.95. The molecule has 0 radical (unpaired) electrons. The lowest BCUT2D eigenvalue weighted by molar-refractivity contribution is -0.119. The molecule has 1 amide bonds. The number of halogens is 1. The van der Waals surface area contributed by atoms with Gasteiger partial charge < -0.3 is 15.7 Å². The van der Waals surface area contributed by atoms with Crippen molar-refractivity contribution in [3.05, 3.63) is 29.6 Å². The third-order valence-corrected chi connectivity index (χ3v) is 2.63. The molecule has 1 unspecified atom stereocenters. The molecular formula is C13H17FN2O3. The highest BCUT2D eigenvalue weighted by atomic mass is 19.1. The van der Waals surface area contributed by atoms with Crippen molar-refractivity contribution in [2.75, 3.05) is 18.4 Å². The van der Waals surface area contributed by atoms with Crippen molar-refractivity contribution in [2.24, 2.45) is 5.92 Å². The summed E-state index contributed by atoms with van der Waals surface area (Å²) in [7, 11) is 0. The van der Waals surface area contributed by atoms with Gasteiger partial charge in [0.05, 0.1) is 5.69 Å². The Morgan fingerprint density at radius 1 is 1.42 bits per heavy atom. The van der Waals surface area contributed by atoms with E-state index in [4.69, 9.17) is 5.11 Å². The third-order valence-electron chi connectivity index (χ3n) is 2.63. The number of nitrogens with one attached hydrogen (secondary N) is 2. The molecule has 1 aromatic carbocycles. The highest BCUT2D eigenvalue weighted by Gasteiger charge is 2.19. The molecule has 3 N–H and O–H groups in total. The molecule has 0 spiro atoms. The Labute approximate surface area is 110 Å². The number of amides is 1. The second-order valence-corrected chi connectivity index (χ2v) is 4.17. The van der Waals surface area contributed by atoms with E-state index < -0.39 is 17.3 Å². The van der Waals surface area contributed by atoms with Crippen LogP contribution in [0.25, 0.3) is 0 Å². The first-order chi connectivity index (χ1) is 8.97. The van der Waals surface area contributed by atoms with Crippen LogP contribution < -0.4 is 10.6 Å². The zero-order chi connectivity index (χ0) is 14.4. The number of hydrogen-bond acceptors (Lipinski definition) is 3. The van der Waals surface area contributed by atoms with E-state index >= 15 is 0 Å². The summed E-state index contributed by atoms with van der Waals surface area (Å²) in [6.45, 7) is 4.83. The maximum absolute atomic E-state index is 13.4. The van der Waals surface area contributed by atoms with Crippen molar-refractivity contribution in [1.82, 2.24) is 5.32 Å². The lowest BCUT2D eigenvalue weighted by Crippen LogP contribution is -2.30. The molecule has 0 saturated heterocycles. The van der Waals surface area contributed by atoms with Gasteiger partial charge in [0.25, 0.3) is 0 Å². The van der Waals surface area contributed by atoms with Crippen LogP contribution in [0.3, 0.4) is 0 Å². The fourth-order valence-electron chi connectivity index (χ4n) is 1.56. The minimum Gasteiger partial charge on any atom is -0.478 e. The average molecular weight is 268 g/mol.